The highest BCUT2D eigenvalue weighted by atomic mass is 35.5. The molecule has 0 aliphatic heterocycles. The Balaban J connectivity index is 1.91. The average molecular weight is 290 g/mol. The van der Waals surface area contributed by atoms with E-state index < -0.39 is 0 Å². The molecule has 0 saturated heterocycles. The van der Waals surface area contributed by atoms with Gasteiger partial charge in [0.15, 0.2) is 5.58 Å². The number of benzene rings is 2. The summed E-state index contributed by atoms with van der Waals surface area (Å²) < 4.78 is 5.59. The highest BCUT2D eigenvalue weighted by Crippen LogP contribution is 2.24. The predicted octanol–water partition coefficient (Wildman–Crippen LogP) is 5.31. The van der Waals surface area contributed by atoms with E-state index >= 15 is 0 Å². The van der Waals surface area contributed by atoms with E-state index in [4.69, 9.17) is 27.6 Å². The van der Waals surface area contributed by atoms with Gasteiger partial charge in [0, 0.05) is 6.08 Å². The van der Waals surface area contributed by atoms with Crippen LogP contribution in [0.4, 0.5) is 0 Å². The highest BCUT2D eigenvalue weighted by Gasteiger charge is 2.01. The molecule has 0 aliphatic carbocycles. The van der Waals surface area contributed by atoms with Crippen LogP contribution in [0.1, 0.15) is 11.5 Å². The van der Waals surface area contributed by atoms with E-state index in [0.29, 0.717) is 15.9 Å². The first kappa shape index (κ1) is 12.3. The molecule has 0 spiro atoms. The smallest absolute Gasteiger partial charge is 0.220 e. The van der Waals surface area contributed by atoms with E-state index in [1.54, 1.807) is 18.2 Å². The Bertz CT molecular complexity index is 729. The summed E-state index contributed by atoms with van der Waals surface area (Å²) in [5.41, 5.74) is 2.56. The summed E-state index contributed by atoms with van der Waals surface area (Å²) in [4.78, 5) is 4.36. The molecule has 19 heavy (non-hydrogen) atoms. The molecule has 0 saturated carbocycles. The number of aromatic nitrogens is 1. The standard InChI is InChI=1S/C15H9Cl2NO/c16-11-7-5-10(9-12(11)17)6-8-15-18-13-3-1-2-4-14(13)19-15/h1-9H/b8-6+. The maximum absolute atomic E-state index is 5.95. The topological polar surface area (TPSA) is 26.0 Å². The lowest BCUT2D eigenvalue weighted by atomic mass is 10.2. The minimum atomic E-state index is 0.529. The lowest BCUT2D eigenvalue weighted by molar-refractivity contribution is 0.590. The Labute approximate surface area is 120 Å². The van der Waals surface area contributed by atoms with Crippen molar-refractivity contribution in [2.45, 2.75) is 0 Å². The van der Waals surface area contributed by atoms with Gasteiger partial charge in [-0.2, -0.15) is 0 Å². The Morgan fingerprint density at radius 1 is 0.947 bits per heavy atom. The van der Waals surface area contributed by atoms with Gasteiger partial charge in [-0.3, -0.25) is 0 Å². The second-order valence-corrected chi connectivity index (χ2v) is 4.84. The molecule has 3 aromatic rings. The van der Waals surface area contributed by atoms with Gasteiger partial charge in [-0.05, 0) is 35.9 Å². The van der Waals surface area contributed by atoms with Crippen molar-refractivity contribution in [1.82, 2.24) is 4.98 Å². The molecule has 0 radical (unpaired) electrons. The first-order chi connectivity index (χ1) is 9.22. The zero-order chi connectivity index (χ0) is 13.2. The van der Waals surface area contributed by atoms with Crippen molar-refractivity contribution in [3.05, 3.63) is 64.0 Å². The molecular formula is C15H9Cl2NO. The zero-order valence-electron chi connectivity index (χ0n) is 9.81. The van der Waals surface area contributed by atoms with Crippen LogP contribution in [-0.4, -0.2) is 4.98 Å². The summed E-state index contributed by atoms with van der Waals surface area (Å²) >= 11 is 11.8. The third-order valence-electron chi connectivity index (χ3n) is 2.67. The second-order valence-electron chi connectivity index (χ2n) is 4.03. The Morgan fingerprint density at radius 3 is 2.58 bits per heavy atom. The molecule has 0 atom stereocenters. The molecule has 1 aromatic heterocycles. The number of rotatable bonds is 2. The number of hydrogen-bond donors (Lipinski definition) is 0. The summed E-state index contributed by atoms with van der Waals surface area (Å²) in [6.45, 7) is 0. The molecule has 94 valence electrons. The SMILES string of the molecule is Clc1ccc(/C=C/c2nc3ccccc3o2)cc1Cl. The lowest BCUT2D eigenvalue weighted by Crippen LogP contribution is -1.74. The molecular weight excluding hydrogens is 281 g/mol. The molecule has 2 nitrogen and oxygen atoms in total. The molecule has 0 fully saturated rings. The van der Waals surface area contributed by atoms with Gasteiger partial charge in [0.1, 0.15) is 5.52 Å². The minimum Gasteiger partial charge on any atom is -0.437 e. The third-order valence-corrected chi connectivity index (χ3v) is 3.41. The molecule has 0 unspecified atom stereocenters. The number of halogens is 2. The number of nitrogens with zero attached hydrogens (tertiary/aromatic N) is 1. The third kappa shape index (κ3) is 2.65. The van der Waals surface area contributed by atoms with Crippen LogP contribution in [0.15, 0.2) is 46.9 Å². The Kier molecular flexibility index (Phi) is 3.28. The van der Waals surface area contributed by atoms with Crippen molar-refractivity contribution in [2.75, 3.05) is 0 Å². The maximum Gasteiger partial charge on any atom is 0.220 e. The van der Waals surface area contributed by atoms with E-state index in [9.17, 15) is 0 Å². The van der Waals surface area contributed by atoms with Gasteiger partial charge in [-0.15, -0.1) is 0 Å². The van der Waals surface area contributed by atoms with Gasteiger partial charge in [-0.25, -0.2) is 4.98 Å². The normalized spacial score (nSPS) is 11.5. The van der Waals surface area contributed by atoms with Crippen molar-refractivity contribution in [2.24, 2.45) is 0 Å². The van der Waals surface area contributed by atoms with Gasteiger partial charge >= 0.3 is 0 Å². The molecule has 0 bridgehead atoms. The molecule has 4 heteroatoms. The first-order valence-corrected chi connectivity index (χ1v) is 6.47. The van der Waals surface area contributed by atoms with Gasteiger partial charge in [0.2, 0.25) is 5.89 Å². The van der Waals surface area contributed by atoms with Crippen molar-refractivity contribution in [3.63, 3.8) is 0 Å². The van der Waals surface area contributed by atoms with Crippen LogP contribution in [-0.2, 0) is 0 Å². The summed E-state index contributed by atoms with van der Waals surface area (Å²) in [6.07, 6.45) is 3.69. The number of fused-ring (bicyclic) bond motifs is 1. The summed E-state index contributed by atoms with van der Waals surface area (Å²) in [7, 11) is 0. The number of hydrogen-bond acceptors (Lipinski definition) is 2. The van der Waals surface area contributed by atoms with Gasteiger partial charge in [0.05, 0.1) is 10.0 Å². The molecule has 0 amide bonds. The maximum atomic E-state index is 5.95. The van der Waals surface area contributed by atoms with Gasteiger partial charge < -0.3 is 4.42 Å². The quantitative estimate of drug-likeness (QED) is 0.639. The summed E-state index contributed by atoms with van der Waals surface area (Å²) in [6, 6.07) is 13.1. The number of oxazole rings is 1. The molecule has 0 N–H and O–H groups in total. The summed E-state index contributed by atoms with van der Waals surface area (Å²) in [5, 5.41) is 1.07. The van der Waals surface area contributed by atoms with Crippen LogP contribution in [0.2, 0.25) is 10.0 Å². The van der Waals surface area contributed by atoms with E-state index in [1.807, 2.05) is 36.4 Å². The minimum absolute atomic E-state index is 0.529. The average Bonchev–Trinajstić information content (AvgIpc) is 2.83. The van der Waals surface area contributed by atoms with Crippen LogP contribution in [0.25, 0.3) is 23.3 Å². The highest BCUT2D eigenvalue weighted by molar-refractivity contribution is 6.42. The van der Waals surface area contributed by atoms with Crippen molar-refractivity contribution in [1.29, 1.82) is 0 Å². The van der Waals surface area contributed by atoms with Crippen molar-refractivity contribution < 1.29 is 4.42 Å². The van der Waals surface area contributed by atoms with Crippen LogP contribution in [0.5, 0.6) is 0 Å². The molecule has 2 aromatic carbocycles. The van der Waals surface area contributed by atoms with Crippen LogP contribution < -0.4 is 0 Å². The fraction of sp³-hybridized carbons (Fsp3) is 0. The van der Waals surface area contributed by atoms with E-state index in [2.05, 4.69) is 4.98 Å². The monoisotopic (exact) mass is 289 g/mol. The number of para-hydroxylation sites is 2. The second kappa shape index (κ2) is 5.08. The van der Waals surface area contributed by atoms with Crippen LogP contribution in [0, 0.1) is 0 Å². The largest absolute Gasteiger partial charge is 0.437 e. The molecule has 1 heterocycles. The molecule has 0 aliphatic rings. The van der Waals surface area contributed by atoms with Crippen LogP contribution in [0.3, 0.4) is 0 Å². The first-order valence-electron chi connectivity index (χ1n) is 5.71. The Morgan fingerprint density at radius 2 is 1.79 bits per heavy atom. The zero-order valence-corrected chi connectivity index (χ0v) is 11.3. The van der Waals surface area contributed by atoms with E-state index in [-0.39, 0.29) is 0 Å². The van der Waals surface area contributed by atoms with Gasteiger partial charge in [-0.1, -0.05) is 41.4 Å². The van der Waals surface area contributed by atoms with Crippen molar-refractivity contribution in [3.8, 4) is 0 Å². The fourth-order valence-corrected chi connectivity index (χ4v) is 2.05. The van der Waals surface area contributed by atoms with E-state index in [1.165, 1.54) is 0 Å². The fourth-order valence-electron chi connectivity index (χ4n) is 1.74. The van der Waals surface area contributed by atoms with Crippen molar-refractivity contribution >= 4 is 46.5 Å². The van der Waals surface area contributed by atoms with Crippen LogP contribution >= 0.6 is 23.2 Å². The predicted molar refractivity (Wildman–Crippen MR) is 79.4 cm³/mol. The summed E-state index contributed by atoms with van der Waals surface area (Å²) in [5.74, 6) is 0.562. The van der Waals surface area contributed by atoms with Gasteiger partial charge in [0.25, 0.3) is 0 Å². The molecule has 3 rings (SSSR count). The lowest BCUT2D eigenvalue weighted by Gasteiger charge is -1.96. The Hall–Kier alpha value is -1.77. The van der Waals surface area contributed by atoms with E-state index in [0.717, 1.165) is 16.7 Å².